The zero-order chi connectivity index (χ0) is 6.62. The van der Waals surface area contributed by atoms with Crippen LogP contribution < -0.4 is 0 Å². The minimum Gasteiger partial charge on any atom is -0.445 e. The van der Waals surface area contributed by atoms with Crippen LogP contribution in [0.2, 0.25) is 12.6 Å². The van der Waals surface area contributed by atoms with Gasteiger partial charge in [-0.25, -0.2) is 0 Å². The van der Waals surface area contributed by atoms with Crippen LogP contribution in [0.5, 0.6) is 0 Å². The molecule has 4 heteroatoms. The fourth-order valence-electron chi connectivity index (χ4n) is 0.351. The summed E-state index contributed by atoms with van der Waals surface area (Å²) < 4.78 is 4.94. The Hall–Kier alpha value is 0.0938. The Morgan fingerprint density at radius 3 is 2.62 bits per heavy atom. The van der Waals surface area contributed by atoms with Crippen LogP contribution in [-0.4, -0.2) is 23.8 Å². The fourth-order valence-corrected chi connectivity index (χ4v) is 1.55. The van der Waals surface area contributed by atoms with Crippen molar-refractivity contribution >= 4 is 19.0 Å². The Morgan fingerprint density at radius 2 is 2.50 bits per heavy atom. The van der Waals surface area contributed by atoms with Gasteiger partial charge in [0.05, 0.1) is 0 Å². The Bertz CT molecular complexity index is 82.1. The molecule has 0 aromatic heterocycles. The number of hydrogen-bond acceptors (Lipinski definition) is 2. The predicted octanol–water partition coefficient (Wildman–Crippen LogP) is -0.466. The lowest BCUT2D eigenvalue weighted by atomic mass is 10.8. The van der Waals surface area contributed by atoms with Gasteiger partial charge in [0.25, 0.3) is 0 Å². The molecule has 1 unspecified atom stereocenters. The summed E-state index contributed by atoms with van der Waals surface area (Å²) in [6.07, 6.45) is 1.70. The molecule has 0 aliphatic heterocycles. The molecule has 2 nitrogen and oxygen atoms in total. The van der Waals surface area contributed by atoms with E-state index in [2.05, 4.69) is 6.58 Å². The Labute approximate surface area is 54.0 Å². The van der Waals surface area contributed by atoms with Gasteiger partial charge in [0, 0.05) is 6.04 Å². The lowest BCUT2D eigenvalue weighted by molar-refractivity contribution is 0.405. The van der Waals surface area contributed by atoms with E-state index in [0.29, 0.717) is 16.5 Å². The molecule has 1 N–H and O–H groups in total. The van der Waals surface area contributed by atoms with Crippen LogP contribution in [0.4, 0.5) is 0 Å². The molecular formula is C4H12O2Si2. The van der Waals surface area contributed by atoms with E-state index in [4.69, 9.17) is 4.12 Å². The summed E-state index contributed by atoms with van der Waals surface area (Å²) in [5.41, 5.74) is 0. The Balaban J connectivity index is 3.53. The first-order valence-corrected chi connectivity index (χ1v) is 5.89. The first-order valence-electron chi connectivity index (χ1n) is 2.51. The molecule has 0 aliphatic rings. The lowest BCUT2D eigenvalue weighted by Gasteiger charge is -2.14. The third-order valence-electron chi connectivity index (χ3n) is 0.963. The van der Waals surface area contributed by atoms with Crippen LogP contribution in [-0.2, 0) is 4.12 Å². The monoisotopic (exact) mass is 148 g/mol. The number of allylic oxidation sites excluding steroid dienone is 1. The van der Waals surface area contributed by atoms with Crippen molar-refractivity contribution in [1.82, 2.24) is 0 Å². The molecule has 8 heavy (non-hydrogen) atoms. The van der Waals surface area contributed by atoms with Crippen molar-refractivity contribution in [1.29, 1.82) is 0 Å². The van der Waals surface area contributed by atoms with Gasteiger partial charge in [0.1, 0.15) is 10.5 Å². The summed E-state index contributed by atoms with van der Waals surface area (Å²) in [7, 11) is -1.61. The summed E-state index contributed by atoms with van der Waals surface area (Å²) in [5.74, 6) is 0. The van der Waals surface area contributed by atoms with Gasteiger partial charge < -0.3 is 8.91 Å². The molecular weight excluding hydrogens is 136 g/mol. The highest BCUT2D eigenvalue weighted by atomic mass is 28.4. The lowest BCUT2D eigenvalue weighted by Crippen LogP contribution is -2.32. The smallest absolute Gasteiger partial charge is 0.325 e. The first-order chi connectivity index (χ1) is 3.62. The highest BCUT2D eigenvalue weighted by Gasteiger charge is 2.21. The normalized spacial score (nSPS) is 17.8. The van der Waals surface area contributed by atoms with Crippen LogP contribution in [0.15, 0.2) is 12.7 Å². The van der Waals surface area contributed by atoms with Gasteiger partial charge in [-0.3, -0.25) is 0 Å². The minimum atomic E-state index is -2.23. The predicted molar refractivity (Wildman–Crippen MR) is 39.9 cm³/mol. The van der Waals surface area contributed by atoms with Crippen molar-refractivity contribution in [2.45, 2.75) is 12.6 Å². The van der Waals surface area contributed by atoms with E-state index in [1.807, 2.05) is 0 Å². The van der Waals surface area contributed by atoms with Crippen molar-refractivity contribution in [2.75, 3.05) is 0 Å². The van der Waals surface area contributed by atoms with E-state index in [1.54, 1.807) is 12.6 Å². The first kappa shape index (κ1) is 8.09. The zero-order valence-corrected chi connectivity index (χ0v) is 8.35. The Kier molecular flexibility index (Phi) is 3.22. The molecule has 0 spiro atoms. The second kappa shape index (κ2) is 3.19. The van der Waals surface area contributed by atoms with Crippen LogP contribution in [0.3, 0.4) is 0 Å². The van der Waals surface area contributed by atoms with E-state index in [-0.39, 0.29) is 0 Å². The van der Waals surface area contributed by atoms with Gasteiger partial charge in [0.2, 0.25) is 0 Å². The fraction of sp³-hybridized carbons (Fsp3) is 0.500. The third-order valence-corrected chi connectivity index (χ3v) is 5.53. The second-order valence-corrected chi connectivity index (χ2v) is 6.26. The molecule has 1 atom stereocenters. The molecule has 0 rings (SSSR count). The highest BCUT2D eigenvalue weighted by Crippen LogP contribution is 2.03. The molecule has 0 saturated heterocycles. The van der Waals surface area contributed by atoms with Gasteiger partial charge in [-0.05, 0) is 6.55 Å². The van der Waals surface area contributed by atoms with Gasteiger partial charge in [0.15, 0.2) is 0 Å². The molecule has 0 amide bonds. The standard InChI is InChI=1S/C4H12O2Si2/c1-3-4-8(2,5)6-7/h3,5H,1,4H2,2,7H3. The minimum absolute atomic E-state index is 0.626. The average molecular weight is 148 g/mol. The van der Waals surface area contributed by atoms with Gasteiger partial charge in [-0.2, -0.15) is 0 Å². The largest absolute Gasteiger partial charge is 0.445 e. The molecule has 0 saturated carbocycles. The van der Waals surface area contributed by atoms with Crippen molar-refractivity contribution < 1.29 is 8.91 Å². The molecule has 0 bridgehead atoms. The summed E-state index contributed by atoms with van der Waals surface area (Å²) in [4.78, 5) is 9.20. The Morgan fingerprint density at radius 1 is 2.00 bits per heavy atom. The van der Waals surface area contributed by atoms with E-state index in [1.165, 1.54) is 0 Å². The average Bonchev–Trinajstić information content (AvgIpc) is 1.67. The van der Waals surface area contributed by atoms with Gasteiger partial charge in [-0.1, -0.05) is 6.08 Å². The summed E-state index contributed by atoms with van der Waals surface area (Å²) in [6, 6.07) is 0.635. The van der Waals surface area contributed by atoms with Crippen LogP contribution in [0.25, 0.3) is 0 Å². The SMILES string of the molecule is C=CC[Si](C)(O)O[SiH3]. The molecule has 0 radical (unpaired) electrons. The van der Waals surface area contributed by atoms with Crippen LogP contribution in [0.1, 0.15) is 0 Å². The molecule has 0 aromatic rings. The topological polar surface area (TPSA) is 29.5 Å². The van der Waals surface area contributed by atoms with Gasteiger partial charge >= 0.3 is 8.56 Å². The number of rotatable bonds is 3. The maximum absolute atomic E-state index is 9.20. The van der Waals surface area contributed by atoms with E-state index < -0.39 is 8.56 Å². The highest BCUT2D eigenvalue weighted by molar-refractivity contribution is 6.67. The van der Waals surface area contributed by atoms with E-state index in [9.17, 15) is 4.80 Å². The van der Waals surface area contributed by atoms with Crippen LogP contribution >= 0.6 is 0 Å². The molecule has 48 valence electrons. The van der Waals surface area contributed by atoms with Crippen molar-refractivity contribution in [3.8, 4) is 0 Å². The van der Waals surface area contributed by atoms with Gasteiger partial charge in [-0.15, -0.1) is 6.58 Å². The van der Waals surface area contributed by atoms with Crippen molar-refractivity contribution in [3.63, 3.8) is 0 Å². The maximum Gasteiger partial charge on any atom is 0.325 e. The van der Waals surface area contributed by atoms with Crippen LogP contribution in [0, 0.1) is 0 Å². The second-order valence-electron chi connectivity index (χ2n) is 1.87. The third kappa shape index (κ3) is 3.14. The summed E-state index contributed by atoms with van der Waals surface area (Å²) in [5, 5.41) is 0. The van der Waals surface area contributed by atoms with E-state index >= 15 is 0 Å². The quantitative estimate of drug-likeness (QED) is 0.433. The zero-order valence-electron chi connectivity index (χ0n) is 5.35. The molecule has 0 aliphatic carbocycles. The molecule has 0 aromatic carbocycles. The van der Waals surface area contributed by atoms with E-state index in [0.717, 1.165) is 0 Å². The number of hydrogen-bond donors (Lipinski definition) is 1. The maximum atomic E-state index is 9.20. The molecule has 0 fully saturated rings. The van der Waals surface area contributed by atoms with Crippen molar-refractivity contribution in [2.24, 2.45) is 0 Å². The molecule has 0 heterocycles. The van der Waals surface area contributed by atoms with Crippen molar-refractivity contribution in [3.05, 3.63) is 12.7 Å². The summed E-state index contributed by atoms with van der Waals surface area (Å²) >= 11 is 0. The summed E-state index contributed by atoms with van der Waals surface area (Å²) in [6.45, 7) is 5.27.